The number of methoxy groups -OCH3 is 1. The van der Waals surface area contributed by atoms with Gasteiger partial charge in [-0.1, -0.05) is 19.9 Å². The average Bonchev–Trinajstić information content (AvgIpc) is 3.16. The Labute approximate surface area is 200 Å². The first-order valence-corrected chi connectivity index (χ1v) is 13.4. The second-order valence-corrected chi connectivity index (χ2v) is 12.4. The number of fused-ring (bicyclic) bond motifs is 5. The van der Waals surface area contributed by atoms with Crippen LogP contribution in [0.2, 0.25) is 0 Å². The van der Waals surface area contributed by atoms with Crippen LogP contribution < -0.4 is 0 Å². The zero-order valence-corrected chi connectivity index (χ0v) is 20.8. The summed E-state index contributed by atoms with van der Waals surface area (Å²) in [5, 5.41) is 20.0. The van der Waals surface area contributed by atoms with Crippen molar-refractivity contribution in [2.75, 3.05) is 13.7 Å². The predicted octanol–water partition coefficient (Wildman–Crippen LogP) is 5.78. The molecule has 180 valence electrons. The first-order valence-electron chi connectivity index (χ1n) is 13.4. The fraction of sp³-hybridized carbons (Fsp3) is 0.793. The molecule has 0 aromatic carbocycles. The molecule has 0 spiro atoms. The molecule has 4 nitrogen and oxygen atoms in total. The van der Waals surface area contributed by atoms with Crippen LogP contribution in [0.5, 0.6) is 0 Å². The molecular weight excluding hydrogens is 408 g/mol. The summed E-state index contributed by atoms with van der Waals surface area (Å²) in [4.78, 5) is 4.30. The summed E-state index contributed by atoms with van der Waals surface area (Å²) in [6.45, 7) is 5.58. The minimum atomic E-state index is -0.583. The molecule has 4 saturated carbocycles. The minimum absolute atomic E-state index is 0.471. The lowest BCUT2D eigenvalue weighted by molar-refractivity contribution is -0.125. The Bertz CT molecular complexity index is 879. The van der Waals surface area contributed by atoms with Crippen LogP contribution in [0.1, 0.15) is 82.9 Å². The molecule has 4 aliphatic carbocycles. The van der Waals surface area contributed by atoms with Crippen LogP contribution >= 0.6 is 0 Å². The van der Waals surface area contributed by atoms with Gasteiger partial charge in [0.2, 0.25) is 0 Å². The second-order valence-electron chi connectivity index (χ2n) is 12.4. The van der Waals surface area contributed by atoms with Gasteiger partial charge in [0.15, 0.2) is 0 Å². The van der Waals surface area contributed by atoms with Gasteiger partial charge < -0.3 is 9.84 Å². The fourth-order valence-electron chi connectivity index (χ4n) is 9.46. The fourth-order valence-corrected chi connectivity index (χ4v) is 9.46. The topological polar surface area (TPSA) is 66.1 Å². The number of ether oxygens (including phenoxy) is 1. The number of rotatable bonds is 5. The number of nitriles is 1. The standard InChI is InChI=1S/C29H42N2O2/c1-19(14-20-4-6-22(16-30)31-17-20)26-8-9-27-25-7-5-21-15-29(32,18-33-3)13-11-23(21)24(25)10-12-28(26,27)2/h4,6,17,19,21,23-27,32H,5,7-15,18H2,1-3H3/t19-,21+,23-,24+,25+,26+,27-,28+,29+/m0/s1. The van der Waals surface area contributed by atoms with Crippen LogP contribution in [0, 0.1) is 58.2 Å². The summed E-state index contributed by atoms with van der Waals surface area (Å²) in [6.07, 6.45) is 14.3. The molecule has 0 saturated heterocycles. The molecule has 1 N–H and O–H groups in total. The molecule has 33 heavy (non-hydrogen) atoms. The van der Waals surface area contributed by atoms with Crippen molar-refractivity contribution in [1.82, 2.24) is 4.98 Å². The van der Waals surface area contributed by atoms with Crippen LogP contribution in [-0.4, -0.2) is 29.4 Å². The number of aliphatic hydroxyl groups is 1. The molecule has 0 amide bonds. The van der Waals surface area contributed by atoms with Gasteiger partial charge in [-0.15, -0.1) is 0 Å². The Kier molecular flexibility index (Phi) is 6.34. The Hall–Kier alpha value is -1.44. The van der Waals surface area contributed by atoms with Gasteiger partial charge in [-0.05, 0) is 123 Å². The van der Waals surface area contributed by atoms with Crippen LogP contribution in [0.25, 0.3) is 0 Å². The summed E-state index contributed by atoms with van der Waals surface area (Å²) in [6, 6.07) is 6.10. The van der Waals surface area contributed by atoms with E-state index in [4.69, 9.17) is 10.00 Å². The van der Waals surface area contributed by atoms with Crippen molar-refractivity contribution in [2.24, 2.45) is 46.8 Å². The Balaban J connectivity index is 1.27. The first-order chi connectivity index (χ1) is 15.9. The summed E-state index contributed by atoms with van der Waals surface area (Å²) < 4.78 is 5.36. The molecule has 5 rings (SSSR count). The predicted molar refractivity (Wildman–Crippen MR) is 129 cm³/mol. The first kappa shape index (κ1) is 23.3. The molecule has 1 aromatic rings. The molecular formula is C29H42N2O2. The van der Waals surface area contributed by atoms with E-state index >= 15 is 0 Å². The van der Waals surface area contributed by atoms with Gasteiger partial charge in [-0.3, -0.25) is 0 Å². The van der Waals surface area contributed by atoms with Crippen molar-refractivity contribution in [3.63, 3.8) is 0 Å². The summed E-state index contributed by atoms with van der Waals surface area (Å²) in [7, 11) is 1.72. The van der Waals surface area contributed by atoms with Crippen molar-refractivity contribution in [3.8, 4) is 6.07 Å². The maximum Gasteiger partial charge on any atom is 0.140 e. The maximum absolute atomic E-state index is 11.0. The number of pyridine rings is 1. The molecule has 9 atom stereocenters. The van der Waals surface area contributed by atoms with Gasteiger partial charge in [0, 0.05) is 13.3 Å². The highest BCUT2D eigenvalue weighted by Gasteiger charge is 2.58. The van der Waals surface area contributed by atoms with Crippen molar-refractivity contribution < 1.29 is 9.84 Å². The number of aromatic nitrogens is 1. The Morgan fingerprint density at radius 2 is 1.94 bits per heavy atom. The van der Waals surface area contributed by atoms with Crippen molar-refractivity contribution >= 4 is 0 Å². The molecule has 0 radical (unpaired) electrons. The average molecular weight is 451 g/mol. The van der Waals surface area contributed by atoms with Crippen LogP contribution in [0.3, 0.4) is 0 Å². The van der Waals surface area contributed by atoms with Gasteiger partial charge in [0.05, 0.1) is 12.2 Å². The third-order valence-electron chi connectivity index (χ3n) is 10.8. The lowest BCUT2D eigenvalue weighted by Crippen LogP contribution is -2.52. The summed E-state index contributed by atoms with van der Waals surface area (Å²) in [5.74, 6) is 5.62. The van der Waals surface area contributed by atoms with Gasteiger partial charge >= 0.3 is 0 Å². The zero-order chi connectivity index (χ0) is 23.2. The third kappa shape index (κ3) is 4.14. The molecule has 4 aliphatic rings. The lowest BCUT2D eigenvalue weighted by atomic mass is 9.48. The van der Waals surface area contributed by atoms with Gasteiger partial charge in [-0.2, -0.15) is 5.26 Å². The lowest BCUT2D eigenvalue weighted by Gasteiger charge is -2.57. The Morgan fingerprint density at radius 1 is 1.12 bits per heavy atom. The van der Waals surface area contributed by atoms with E-state index in [1.165, 1.54) is 50.5 Å². The highest BCUT2D eigenvalue weighted by Crippen LogP contribution is 2.65. The van der Waals surface area contributed by atoms with E-state index in [0.29, 0.717) is 29.6 Å². The van der Waals surface area contributed by atoms with Crippen molar-refractivity contribution in [3.05, 3.63) is 29.6 Å². The van der Waals surface area contributed by atoms with Crippen molar-refractivity contribution in [2.45, 2.75) is 83.7 Å². The smallest absolute Gasteiger partial charge is 0.140 e. The molecule has 0 unspecified atom stereocenters. The van der Waals surface area contributed by atoms with E-state index < -0.39 is 5.60 Å². The quantitative estimate of drug-likeness (QED) is 0.618. The number of hydrogen-bond acceptors (Lipinski definition) is 4. The highest BCUT2D eigenvalue weighted by atomic mass is 16.5. The van der Waals surface area contributed by atoms with Crippen LogP contribution in [-0.2, 0) is 11.2 Å². The van der Waals surface area contributed by atoms with E-state index in [2.05, 4.69) is 31.0 Å². The monoisotopic (exact) mass is 450 g/mol. The molecule has 0 bridgehead atoms. The molecule has 0 aliphatic heterocycles. The Morgan fingerprint density at radius 3 is 2.67 bits per heavy atom. The molecule has 4 fully saturated rings. The molecule has 1 heterocycles. The van der Waals surface area contributed by atoms with E-state index in [1.54, 1.807) is 7.11 Å². The van der Waals surface area contributed by atoms with Gasteiger partial charge in [0.1, 0.15) is 11.8 Å². The largest absolute Gasteiger partial charge is 0.387 e. The number of hydrogen-bond donors (Lipinski definition) is 1. The zero-order valence-electron chi connectivity index (χ0n) is 20.8. The van der Waals surface area contributed by atoms with Crippen LogP contribution in [0.15, 0.2) is 18.3 Å². The maximum atomic E-state index is 11.0. The normalized spacial score (nSPS) is 43.1. The van der Waals surface area contributed by atoms with E-state index in [9.17, 15) is 5.11 Å². The van der Waals surface area contributed by atoms with Crippen LogP contribution in [0.4, 0.5) is 0 Å². The molecule has 1 aromatic heterocycles. The summed E-state index contributed by atoms with van der Waals surface area (Å²) in [5.41, 5.74) is 1.67. The number of nitrogens with zero attached hydrogens (tertiary/aromatic N) is 2. The molecule has 4 heteroatoms. The minimum Gasteiger partial charge on any atom is -0.387 e. The van der Waals surface area contributed by atoms with E-state index in [0.717, 1.165) is 48.9 Å². The second kappa shape index (κ2) is 8.97. The van der Waals surface area contributed by atoms with Crippen molar-refractivity contribution in [1.29, 1.82) is 5.26 Å². The SMILES string of the molecule is COC[C@@]1(O)CC[C@H]2[C@H](CC[C@@H]3[C@@H]2CC[C@]2(C)[C@@H]([C@@H](C)Cc4ccc(C#N)nc4)CC[C@@H]32)C1. The third-order valence-corrected chi connectivity index (χ3v) is 10.8. The van der Waals surface area contributed by atoms with Gasteiger partial charge in [-0.25, -0.2) is 4.98 Å². The highest BCUT2D eigenvalue weighted by molar-refractivity contribution is 5.23. The van der Waals surface area contributed by atoms with Gasteiger partial charge in [0.25, 0.3) is 0 Å². The van der Waals surface area contributed by atoms with E-state index in [-0.39, 0.29) is 0 Å². The summed E-state index contributed by atoms with van der Waals surface area (Å²) >= 11 is 0. The van der Waals surface area contributed by atoms with E-state index in [1.807, 2.05) is 12.3 Å².